The Morgan fingerprint density at radius 2 is 1.03 bits per heavy atom. The first-order chi connectivity index (χ1) is 27.7. The normalized spacial score (nSPS) is 14.5. The molecule has 0 saturated heterocycles. The molecule has 1 aliphatic carbocycles. The smallest absolute Gasteiger partial charge is 0.224 e. The third-order valence-corrected chi connectivity index (χ3v) is 10.4. The number of Topliss-reactive ketones (excluding diaryl/α,β-unsaturated/α-hetero) is 6. The number of thioether (sulfide) groups is 1. The van der Waals surface area contributed by atoms with Crippen LogP contribution < -0.4 is 26.6 Å². The number of nitrogens with one attached hydrogen (secondary N) is 5. The summed E-state index contributed by atoms with van der Waals surface area (Å²) in [5.41, 5.74) is -0.675. The average molecular weight is 1660 g/mol. The summed E-state index contributed by atoms with van der Waals surface area (Å²) in [5, 5.41) is 12.9. The Hall–Kier alpha value is 5.17. The van der Waals surface area contributed by atoms with Crippen molar-refractivity contribution >= 4 is 76.4 Å². The van der Waals surface area contributed by atoms with Crippen LogP contribution in [0.25, 0.3) is 0 Å². The first-order valence-corrected chi connectivity index (χ1v) is 21.4. The molecule has 1 rings (SSSR count). The summed E-state index contributed by atoms with van der Waals surface area (Å²) >= 11 is 1.53. The number of amides is 4. The Kier molecular flexibility index (Phi) is 64.9. The second-order valence-corrected chi connectivity index (χ2v) is 18.2. The van der Waals surface area contributed by atoms with Crippen LogP contribution in [0.2, 0.25) is 0 Å². The third kappa shape index (κ3) is 38.5. The fourth-order valence-electron chi connectivity index (χ4n) is 6.01. The molecule has 16 nitrogen and oxygen atoms in total. The zero-order valence-electron chi connectivity index (χ0n) is 42.0. The number of ketones is 6. The summed E-state index contributed by atoms with van der Waals surface area (Å²) < 4.78 is 0. The molecule has 9 radical (unpaired) electrons. The average Bonchev–Trinajstić information content (AvgIpc) is 3.14. The van der Waals surface area contributed by atoms with Crippen LogP contribution in [0.3, 0.4) is 0 Å². The molecule has 1 fully saturated rings. The Labute approximate surface area is 640 Å². The van der Waals surface area contributed by atoms with E-state index in [0.717, 1.165) is 12.8 Å². The molecule has 6 atom stereocenters. The summed E-state index contributed by atoms with van der Waals surface area (Å²) in [6.07, 6.45) is 4.60. The Balaban J connectivity index is -0.000000571. The molecule has 0 aromatic rings. The standard InChI is InChI=1S/C43H64N5O11S.9Y/c1-24(38-33(53)21-43(9,10)22-34(38)54)12-15-35(55)44-26(3)30(50)13-16-36(56)45-27(4)31(51)14-17-37(57)46-28(5)32(52)20-25(2)41(59)48-40(39(58)42(6,7)8)47-29(23-49)18-19-60-11;;;;;;;;;/h15-17,23,25-29,40,47H,12-14,18-22H2,1-11H3,(H,44,55)(H,45,56)(H,46,57)(H,48,59);;;;;;;;;/q-3;;;;;;;;;/t25-,26+,27+,28+,29+,40-;;;;;;;;;/m1........./s1. The summed E-state index contributed by atoms with van der Waals surface area (Å²) in [7, 11) is 0. The molecule has 0 bridgehead atoms. The van der Waals surface area contributed by atoms with Crippen molar-refractivity contribution in [3.8, 4) is 0 Å². The zero-order valence-corrected chi connectivity index (χ0v) is 68.4. The van der Waals surface area contributed by atoms with Gasteiger partial charge in [0, 0.05) is 325 Å². The van der Waals surface area contributed by atoms with Crippen LogP contribution in [0.1, 0.15) is 114 Å². The number of carbonyl (C=O) groups is 11. The van der Waals surface area contributed by atoms with Gasteiger partial charge in [0.15, 0.2) is 23.1 Å². The predicted octanol–water partition coefficient (Wildman–Crippen LogP) is 2.24. The molecule has 1 aliphatic rings. The first kappa shape index (κ1) is 93.5. The van der Waals surface area contributed by atoms with Crippen molar-refractivity contribution in [2.45, 2.75) is 145 Å². The molecule has 0 unspecified atom stereocenters. The minimum absolute atomic E-state index is 0. The number of rotatable bonds is 26. The van der Waals surface area contributed by atoms with Crippen molar-refractivity contribution in [2.75, 3.05) is 12.0 Å². The van der Waals surface area contributed by atoms with E-state index in [0.29, 0.717) is 24.0 Å². The number of aldehydes is 1. The number of hydrogen-bond donors (Lipinski definition) is 5. The van der Waals surface area contributed by atoms with E-state index in [1.54, 1.807) is 27.7 Å². The van der Waals surface area contributed by atoms with E-state index in [2.05, 4.69) is 26.6 Å². The molecule has 69 heavy (non-hydrogen) atoms. The van der Waals surface area contributed by atoms with Gasteiger partial charge in [-0.25, -0.2) is 0 Å². The van der Waals surface area contributed by atoms with Crippen LogP contribution in [0.4, 0.5) is 0 Å². The monoisotopic (exact) mass is 1660 g/mol. The SMILES string of the molecule is CSCC[C@@H](C=O)N[C@H](NC(=O)[C@H](C)CC(=O)[C@H](C)NC(=O)[CH-]CC(=O)[C@H](C)NC(=O)[CH-]CC(=O)[C@H](C)NC(=O)[CH-]CC(C)=C1C(=O)CC(C)(C)CC1=O)C(=O)C(C)(C)C.[Y].[Y].[Y].[Y].[Y].[Y].[Y].[Y].[Y]. The van der Waals surface area contributed by atoms with Gasteiger partial charge in [-0.05, 0) is 51.5 Å². The second kappa shape index (κ2) is 47.9. The van der Waals surface area contributed by atoms with Crippen molar-refractivity contribution in [1.82, 2.24) is 26.6 Å². The molecule has 0 heterocycles. The molecular formula is C43H64N5O11SY9-3. The Morgan fingerprint density at radius 3 is 1.39 bits per heavy atom. The van der Waals surface area contributed by atoms with Gasteiger partial charge in [0.2, 0.25) is 5.91 Å². The van der Waals surface area contributed by atoms with Crippen LogP contribution in [0, 0.1) is 36.0 Å². The van der Waals surface area contributed by atoms with Crippen LogP contribution >= 0.6 is 11.8 Å². The molecule has 0 aliphatic heterocycles. The van der Waals surface area contributed by atoms with Gasteiger partial charge >= 0.3 is 0 Å². The molecular weight excluding hydrogens is 1590 g/mol. The van der Waals surface area contributed by atoms with Gasteiger partial charge in [0.1, 0.15) is 24.0 Å². The minimum atomic E-state index is -1.17. The van der Waals surface area contributed by atoms with Crippen molar-refractivity contribution in [3.63, 3.8) is 0 Å². The number of carbonyl (C=O) groups excluding carboxylic acids is 11. The second-order valence-electron chi connectivity index (χ2n) is 17.2. The molecule has 1 saturated carbocycles. The van der Waals surface area contributed by atoms with Crippen molar-refractivity contribution < 1.29 is 347 Å². The van der Waals surface area contributed by atoms with Gasteiger partial charge in [-0.1, -0.05) is 60.0 Å². The molecule has 0 aromatic carbocycles. The largest absolute Gasteiger partial charge is 0.371 e. The molecule has 26 heteroatoms. The molecule has 4 amide bonds. The summed E-state index contributed by atoms with van der Waals surface area (Å²) in [5.74, 6) is -5.27. The van der Waals surface area contributed by atoms with Gasteiger partial charge in [-0.15, -0.1) is 6.42 Å². The van der Waals surface area contributed by atoms with Crippen molar-refractivity contribution in [2.24, 2.45) is 16.7 Å². The maximum Gasteiger partial charge on any atom is 0.224 e. The van der Waals surface area contributed by atoms with E-state index in [-0.39, 0.29) is 349 Å². The number of allylic oxidation sites excluding steroid dienone is 2. The Morgan fingerprint density at radius 1 is 0.652 bits per heavy atom. The van der Waals surface area contributed by atoms with Crippen LogP contribution in [-0.4, -0.2) is 107 Å². The van der Waals surface area contributed by atoms with E-state index < -0.39 is 94.5 Å². The quantitative estimate of drug-likeness (QED) is 0.0275. The van der Waals surface area contributed by atoms with Gasteiger partial charge in [-0.3, -0.25) is 42.1 Å². The maximum atomic E-state index is 13.1. The van der Waals surface area contributed by atoms with Gasteiger partial charge in [0.05, 0.1) is 47.5 Å². The van der Waals surface area contributed by atoms with Gasteiger partial charge in [0.25, 0.3) is 0 Å². The molecule has 0 spiro atoms. The Bertz CT molecular complexity index is 1700. The minimum Gasteiger partial charge on any atom is -0.371 e. The molecule has 0 aromatic heterocycles. The number of hydrogen-bond acceptors (Lipinski definition) is 13. The van der Waals surface area contributed by atoms with E-state index in [1.807, 2.05) is 20.1 Å². The maximum absolute atomic E-state index is 13.1. The summed E-state index contributed by atoms with van der Waals surface area (Å²) in [4.78, 5) is 138. The van der Waals surface area contributed by atoms with Gasteiger partial charge < -0.3 is 56.5 Å². The topological polar surface area (TPSA) is 248 Å². The van der Waals surface area contributed by atoms with Crippen molar-refractivity contribution in [1.29, 1.82) is 0 Å². The van der Waals surface area contributed by atoms with Gasteiger partial charge in [-0.2, -0.15) is 11.8 Å². The van der Waals surface area contributed by atoms with Crippen LogP contribution in [-0.2, 0) is 347 Å². The van der Waals surface area contributed by atoms with Crippen LogP contribution in [0.5, 0.6) is 0 Å². The van der Waals surface area contributed by atoms with E-state index in [9.17, 15) is 52.7 Å². The molecule has 363 valence electrons. The first-order valence-electron chi connectivity index (χ1n) is 20.0. The fourth-order valence-corrected chi connectivity index (χ4v) is 6.50. The zero-order chi connectivity index (χ0) is 46.1. The molecule has 5 N–H and O–H groups in total. The van der Waals surface area contributed by atoms with Crippen molar-refractivity contribution in [3.05, 3.63) is 30.4 Å². The van der Waals surface area contributed by atoms with E-state index in [4.69, 9.17) is 0 Å². The fraction of sp³-hybridized carbons (Fsp3) is 0.628. The summed E-state index contributed by atoms with van der Waals surface area (Å²) in [6.45, 7) is 16.1. The summed E-state index contributed by atoms with van der Waals surface area (Å²) in [6, 6.07) is -3.72. The van der Waals surface area contributed by atoms with E-state index >= 15 is 0 Å². The predicted molar refractivity (Wildman–Crippen MR) is 226 cm³/mol. The third-order valence-electron chi connectivity index (χ3n) is 9.78. The van der Waals surface area contributed by atoms with Crippen LogP contribution in [0.15, 0.2) is 11.1 Å². The van der Waals surface area contributed by atoms with E-state index in [1.165, 1.54) is 45.9 Å².